The maximum atomic E-state index is 13.2. The smallest absolute Gasteiger partial charge is 0.263 e. The molecule has 0 amide bonds. The topological polar surface area (TPSA) is 66.8 Å². The molecular formula is C22H18FN5O. The Balaban J connectivity index is 1.48. The summed E-state index contributed by atoms with van der Waals surface area (Å²) in [6, 6.07) is 16.1. The largest absolute Gasteiger partial charge is 0.338 e. The maximum absolute atomic E-state index is 13.2. The Bertz CT molecular complexity index is 1260. The van der Waals surface area contributed by atoms with Crippen LogP contribution in [0.25, 0.3) is 22.3 Å². The van der Waals surface area contributed by atoms with Crippen molar-refractivity contribution >= 4 is 22.6 Å². The van der Waals surface area contributed by atoms with Crippen LogP contribution in [0.3, 0.4) is 0 Å². The van der Waals surface area contributed by atoms with Crippen molar-refractivity contribution in [1.29, 1.82) is 0 Å². The number of benzene rings is 2. The van der Waals surface area contributed by atoms with E-state index >= 15 is 0 Å². The summed E-state index contributed by atoms with van der Waals surface area (Å²) in [5.41, 5.74) is 3.36. The van der Waals surface area contributed by atoms with Gasteiger partial charge in [0.05, 0.1) is 11.9 Å². The standard InChI is InChI=1S/C22H18FN5O/c23-17-8-6-15(7-9-17)16-10-12-27(13-11-16)22-25-20-19(21(29)26-22)14-24-28(20)18-4-2-1-3-5-18/h1-10,14H,11-13H2,(H,25,26,29). The molecule has 2 aromatic carbocycles. The highest BCUT2D eigenvalue weighted by molar-refractivity contribution is 5.76. The average Bonchev–Trinajstić information content (AvgIpc) is 3.20. The lowest BCUT2D eigenvalue weighted by Crippen LogP contribution is -2.31. The van der Waals surface area contributed by atoms with E-state index in [0.29, 0.717) is 30.1 Å². The van der Waals surface area contributed by atoms with Gasteiger partial charge in [0.25, 0.3) is 5.56 Å². The van der Waals surface area contributed by atoms with E-state index in [1.54, 1.807) is 23.0 Å². The van der Waals surface area contributed by atoms with E-state index in [9.17, 15) is 9.18 Å². The van der Waals surface area contributed by atoms with E-state index in [2.05, 4.69) is 16.2 Å². The number of anilines is 1. The second kappa shape index (κ2) is 7.01. The molecule has 6 nitrogen and oxygen atoms in total. The fourth-order valence-corrected chi connectivity index (χ4v) is 3.60. The number of H-pyrrole nitrogens is 1. The molecule has 0 saturated heterocycles. The monoisotopic (exact) mass is 387 g/mol. The van der Waals surface area contributed by atoms with Crippen LogP contribution in [-0.2, 0) is 0 Å². The Kier molecular flexibility index (Phi) is 4.20. The van der Waals surface area contributed by atoms with E-state index in [1.165, 1.54) is 17.7 Å². The van der Waals surface area contributed by atoms with Gasteiger partial charge in [0, 0.05) is 13.1 Å². The number of aromatic amines is 1. The van der Waals surface area contributed by atoms with Crippen LogP contribution in [0.15, 0.2) is 71.7 Å². The van der Waals surface area contributed by atoms with Crippen LogP contribution in [0.4, 0.5) is 10.3 Å². The summed E-state index contributed by atoms with van der Waals surface area (Å²) in [5, 5.41) is 4.80. The fourth-order valence-electron chi connectivity index (χ4n) is 3.60. The third kappa shape index (κ3) is 3.20. The SMILES string of the molecule is O=c1[nH]c(N2CC=C(c3ccc(F)cc3)CC2)nc2c1cnn2-c1ccccc1. The number of nitrogens with zero attached hydrogens (tertiary/aromatic N) is 4. The Morgan fingerprint density at radius 2 is 1.83 bits per heavy atom. The number of fused-ring (bicyclic) bond motifs is 1. The number of aromatic nitrogens is 4. The van der Waals surface area contributed by atoms with Gasteiger partial charge >= 0.3 is 0 Å². The maximum Gasteiger partial charge on any atom is 0.263 e. The third-order valence-electron chi connectivity index (χ3n) is 5.15. The summed E-state index contributed by atoms with van der Waals surface area (Å²) < 4.78 is 14.8. The second-order valence-electron chi connectivity index (χ2n) is 6.95. The molecule has 0 aliphatic carbocycles. The van der Waals surface area contributed by atoms with Crippen molar-refractivity contribution in [3.05, 3.63) is 88.6 Å². The molecule has 3 heterocycles. The van der Waals surface area contributed by atoms with Crippen LogP contribution in [0.2, 0.25) is 0 Å². The number of hydrogen-bond donors (Lipinski definition) is 1. The van der Waals surface area contributed by atoms with Gasteiger partial charge in [0.1, 0.15) is 11.2 Å². The van der Waals surface area contributed by atoms with Gasteiger partial charge < -0.3 is 4.90 Å². The summed E-state index contributed by atoms with van der Waals surface area (Å²) in [7, 11) is 0. The molecule has 0 saturated carbocycles. The zero-order valence-electron chi connectivity index (χ0n) is 15.5. The molecule has 144 valence electrons. The minimum atomic E-state index is -0.239. The van der Waals surface area contributed by atoms with Crippen molar-refractivity contribution in [2.75, 3.05) is 18.0 Å². The van der Waals surface area contributed by atoms with Gasteiger partial charge in [0.2, 0.25) is 5.95 Å². The molecule has 29 heavy (non-hydrogen) atoms. The quantitative estimate of drug-likeness (QED) is 0.584. The summed E-state index contributed by atoms with van der Waals surface area (Å²) in [4.78, 5) is 22.2. The van der Waals surface area contributed by atoms with Crippen molar-refractivity contribution in [2.24, 2.45) is 0 Å². The molecule has 0 bridgehead atoms. The Hall–Kier alpha value is -3.74. The van der Waals surface area contributed by atoms with E-state index in [1.807, 2.05) is 35.2 Å². The zero-order chi connectivity index (χ0) is 19.8. The second-order valence-corrected chi connectivity index (χ2v) is 6.95. The van der Waals surface area contributed by atoms with Crippen molar-refractivity contribution in [1.82, 2.24) is 19.7 Å². The van der Waals surface area contributed by atoms with Gasteiger partial charge in [-0.1, -0.05) is 36.4 Å². The molecule has 1 aliphatic heterocycles. The minimum Gasteiger partial charge on any atom is -0.338 e. The molecule has 0 spiro atoms. The van der Waals surface area contributed by atoms with Gasteiger partial charge in [-0.15, -0.1) is 0 Å². The van der Waals surface area contributed by atoms with Crippen LogP contribution < -0.4 is 10.5 Å². The van der Waals surface area contributed by atoms with Gasteiger partial charge in [0.15, 0.2) is 5.65 Å². The number of nitrogens with one attached hydrogen (secondary N) is 1. The van der Waals surface area contributed by atoms with Crippen LogP contribution in [-0.4, -0.2) is 32.8 Å². The number of para-hydroxylation sites is 1. The number of rotatable bonds is 3. The molecule has 1 N–H and O–H groups in total. The highest BCUT2D eigenvalue weighted by Crippen LogP contribution is 2.25. The van der Waals surface area contributed by atoms with Crippen LogP contribution in [0.5, 0.6) is 0 Å². The molecule has 0 fully saturated rings. The van der Waals surface area contributed by atoms with Crippen molar-refractivity contribution in [3.63, 3.8) is 0 Å². The molecule has 0 unspecified atom stereocenters. The number of halogens is 1. The van der Waals surface area contributed by atoms with Gasteiger partial charge in [-0.3, -0.25) is 9.78 Å². The molecular weight excluding hydrogens is 369 g/mol. The summed E-state index contributed by atoms with van der Waals surface area (Å²) in [5.74, 6) is 0.284. The molecule has 2 aromatic heterocycles. The molecule has 5 rings (SSSR count). The highest BCUT2D eigenvalue weighted by Gasteiger charge is 2.18. The summed E-state index contributed by atoms with van der Waals surface area (Å²) in [6.07, 6.45) is 4.42. The van der Waals surface area contributed by atoms with E-state index in [0.717, 1.165) is 17.7 Å². The van der Waals surface area contributed by atoms with Gasteiger partial charge in [-0.2, -0.15) is 10.1 Å². The first-order valence-corrected chi connectivity index (χ1v) is 9.42. The highest BCUT2D eigenvalue weighted by atomic mass is 19.1. The lowest BCUT2D eigenvalue weighted by molar-refractivity contribution is 0.627. The minimum absolute atomic E-state index is 0.208. The third-order valence-corrected chi connectivity index (χ3v) is 5.15. The van der Waals surface area contributed by atoms with Crippen molar-refractivity contribution in [2.45, 2.75) is 6.42 Å². The molecule has 0 atom stereocenters. The first kappa shape index (κ1) is 17.4. The first-order valence-electron chi connectivity index (χ1n) is 9.42. The van der Waals surface area contributed by atoms with Crippen LogP contribution in [0, 0.1) is 5.82 Å². The lowest BCUT2D eigenvalue weighted by Gasteiger charge is -2.27. The lowest BCUT2D eigenvalue weighted by atomic mass is 10.00. The van der Waals surface area contributed by atoms with E-state index in [4.69, 9.17) is 4.98 Å². The Morgan fingerprint density at radius 3 is 2.55 bits per heavy atom. The first-order chi connectivity index (χ1) is 14.2. The normalized spacial score (nSPS) is 14.2. The van der Waals surface area contributed by atoms with Gasteiger partial charge in [-0.05, 0) is 41.8 Å². The van der Waals surface area contributed by atoms with Crippen molar-refractivity contribution < 1.29 is 4.39 Å². The predicted octanol–water partition coefficient (Wildman–Crippen LogP) is 3.54. The zero-order valence-corrected chi connectivity index (χ0v) is 15.5. The number of hydrogen-bond acceptors (Lipinski definition) is 4. The van der Waals surface area contributed by atoms with E-state index < -0.39 is 0 Å². The Morgan fingerprint density at radius 1 is 1.03 bits per heavy atom. The summed E-state index contributed by atoms with van der Waals surface area (Å²) >= 11 is 0. The van der Waals surface area contributed by atoms with Crippen LogP contribution >= 0.6 is 0 Å². The molecule has 0 radical (unpaired) electrons. The molecule has 7 heteroatoms. The fraction of sp³-hybridized carbons (Fsp3) is 0.136. The van der Waals surface area contributed by atoms with E-state index in [-0.39, 0.29) is 11.4 Å². The van der Waals surface area contributed by atoms with Crippen molar-refractivity contribution in [3.8, 4) is 5.69 Å². The Labute approximate surface area is 165 Å². The average molecular weight is 387 g/mol. The predicted molar refractivity (Wildman–Crippen MR) is 111 cm³/mol. The molecule has 1 aliphatic rings. The summed E-state index contributed by atoms with van der Waals surface area (Å²) in [6.45, 7) is 1.32. The van der Waals surface area contributed by atoms with Gasteiger partial charge in [-0.25, -0.2) is 9.07 Å². The molecule has 4 aromatic rings. The van der Waals surface area contributed by atoms with Crippen LogP contribution in [0.1, 0.15) is 12.0 Å².